The number of azo groups is 1. The number of alkyl halides is 3. The van der Waals surface area contributed by atoms with Gasteiger partial charge in [0.05, 0.1) is 27.5 Å². The first-order valence-corrected chi connectivity index (χ1v) is 12.1. The summed E-state index contributed by atoms with van der Waals surface area (Å²) in [5.74, 6) is -0.690. The van der Waals surface area contributed by atoms with Gasteiger partial charge in [-0.3, -0.25) is 9.69 Å². The second kappa shape index (κ2) is 9.79. The lowest BCUT2D eigenvalue weighted by atomic mass is 10.1. The first-order valence-electron chi connectivity index (χ1n) is 10.9. The lowest BCUT2D eigenvalue weighted by molar-refractivity contribution is -0.137. The van der Waals surface area contributed by atoms with Gasteiger partial charge in [-0.15, -0.1) is 5.11 Å². The van der Waals surface area contributed by atoms with Crippen LogP contribution in [0.15, 0.2) is 100 Å². The van der Waals surface area contributed by atoms with Crippen molar-refractivity contribution in [3.63, 3.8) is 0 Å². The minimum Gasteiger partial charge on any atom is -0.507 e. The summed E-state index contributed by atoms with van der Waals surface area (Å²) < 4.78 is 39.5. The van der Waals surface area contributed by atoms with Crippen molar-refractivity contribution in [2.45, 2.75) is 6.18 Å². The van der Waals surface area contributed by atoms with Crippen molar-refractivity contribution in [2.75, 3.05) is 4.90 Å². The fraction of sp³-hybridized carbons (Fsp3) is 0.0370. The molecule has 5 nitrogen and oxygen atoms in total. The zero-order chi connectivity index (χ0) is 26.2. The smallest absolute Gasteiger partial charge is 0.416 e. The number of nitrogens with zero attached hydrogens (tertiary/aromatic N) is 3. The van der Waals surface area contributed by atoms with Crippen LogP contribution < -0.4 is 4.90 Å². The highest BCUT2D eigenvalue weighted by Gasteiger charge is 2.36. The summed E-state index contributed by atoms with van der Waals surface area (Å²) in [6, 6.07) is 22.4. The molecule has 1 saturated heterocycles. The van der Waals surface area contributed by atoms with Crippen molar-refractivity contribution in [1.29, 1.82) is 0 Å². The standard InChI is InChI=1S/C27H16F3N3O2S2/c28-27(29,30)18-7-4-8-20(15-18)33-25(35)24(37-26(33)36)14-17-13-19(11-12-23(17)34)31-32-22-10-3-6-16-5-1-2-9-21(16)22/h1-15,34H/b24-14-,32-31?. The third kappa shape index (κ3) is 5.11. The number of carbonyl (C=O) groups is 1. The Hall–Kier alpha value is -4.02. The van der Waals surface area contributed by atoms with Gasteiger partial charge in [0.2, 0.25) is 0 Å². The summed E-state index contributed by atoms with van der Waals surface area (Å²) in [7, 11) is 0. The quantitative estimate of drug-likeness (QED) is 0.162. The number of fused-ring (bicyclic) bond motifs is 1. The Morgan fingerprint density at radius 1 is 0.919 bits per heavy atom. The van der Waals surface area contributed by atoms with Crippen LogP contribution >= 0.6 is 24.0 Å². The largest absolute Gasteiger partial charge is 0.507 e. The van der Waals surface area contributed by atoms with Crippen LogP contribution in [-0.2, 0) is 11.0 Å². The van der Waals surface area contributed by atoms with Gasteiger partial charge in [-0.25, -0.2) is 0 Å². The number of amides is 1. The number of thioether (sulfide) groups is 1. The van der Waals surface area contributed by atoms with Crippen LogP contribution in [0.4, 0.5) is 30.2 Å². The Balaban J connectivity index is 1.43. The van der Waals surface area contributed by atoms with Gasteiger partial charge in [0, 0.05) is 10.9 Å². The molecule has 1 amide bonds. The number of carbonyl (C=O) groups excluding carboxylic acids is 1. The molecule has 4 aromatic rings. The van der Waals surface area contributed by atoms with Crippen molar-refractivity contribution in [3.05, 3.63) is 101 Å². The number of aromatic hydroxyl groups is 1. The fourth-order valence-corrected chi connectivity index (χ4v) is 5.07. The topological polar surface area (TPSA) is 65.3 Å². The number of hydrogen-bond acceptors (Lipinski definition) is 6. The predicted octanol–water partition coefficient (Wildman–Crippen LogP) is 8.39. The van der Waals surface area contributed by atoms with Crippen molar-refractivity contribution in [1.82, 2.24) is 0 Å². The molecule has 0 bridgehead atoms. The maximum Gasteiger partial charge on any atom is 0.416 e. The second-order valence-electron chi connectivity index (χ2n) is 8.01. The van der Waals surface area contributed by atoms with Gasteiger partial charge in [-0.05, 0) is 53.9 Å². The maximum atomic E-state index is 13.1. The van der Waals surface area contributed by atoms with Crippen molar-refractivity contribution in [2.24, 2.45) is 10.2 Å². The lowest BCUT2D eigenvalue weighted by Gasteiger charge is -2.16. The Labute approximate surface area is 218 Å². The van der Waals surface area contributed by atoms with Crippen LogP contribution in [-0.4, -0.2) is 15.3 Å². The van der Waals surface area contributed by atoms with E-state index in [2.05, 4.69) is 10.2 Å². The van der Waals surface area contributed by atoms with E-state index in [9.17, 15) is 23.1 Å². The van der Waals surface area contributed by atoms with E-state index in [1.165, 1.54) is 24.3 Å². The highest BCUT2D eigenvalue weighted by molar-refractivity contribution is 8.27. The Morgan fingerprint density at radius 3 is 2.49 bits per heavy atom. The van der Waals surface area contributed by atoms with Crippen molar-refractivity contribution >= 4 is 68.1 Å². The molecule has 5 rings (SSSR count). The molecule has 37 heavy (non-hydrogen) atoms. The van der Waals surface area contributed by atoms with Gasteiger partial charge < -0.3 is 5.11 Å². The van der Waals surface area contributed by atoms with Gasteiger partial charge >= 0.3 is 6.18 Å². The van der Waals surface area contributed by atoms with Gasteiger partial charge in [-0.1, -0.05) is 66.4 Å². The van der Waals surface area contributed by atoms with E-state index in [4.69, 9.17) is 12.2 Å². The van der Waals surface area contributed by atoms with E-state index in [1.54, 1.807) is 12.1 Å². The van der Waals surface area contributed by atoms with Crippen molar-refractivity contribution < 1.29 is 23.1 Å². The highest BCUT2D eigenvalue weighted by Crippen LogP contribution is 2.39. The van der Waals surface area contributed by atoms with Crippen LogP contribution in [0.3, 0.4) is 0 Å². The van der Waals surface area contributed by atoms with E-state index in [-0.39, 0.29) is 20.7 Å². The van der Waals surface area contributed by atoms with Gasteiger partial charge in [0.15, 0.2) is 4.32 Å². The minimum atomic E-state index is -4.56. The molecule has 0 unspecified atom stereocenters. The molecular formula is C27H16F3N3O2S2. The number of phenols is 1. The maximum absolute atomic E-state index is 13.1. The van der Waals surface area contributed by atoms with Crippen LogP contribution in [0.25, 0.3) is 16.8 Å². The molecule has 0 radical (unpaired) electrons. The lowest BCUT2D eigenvalue weighted by Crippen LogP contribution is -2.27. The van der Waals surface area contributed by atoms with Crippen LogP contribution in [0.1, 0.15) is 11.1 Å². The SMILES string of the molecule is O=C1/C(=C/c2cc(N=Nc3cccc4ccccc34)ccc2O)SC(=S)N1c1cccc(C(F)(F)F)c1. The molecule has 0 saturated carbocycles. The molecule has 1 aliphatic heterocycles. The monoisotopic (exact) mass is 535 g/mol. The first kappa shape index (κ1) is 24.7. The summed E-state index contributed by atoms with van der Waals surface area (Å²) in [4.78, 5) is 14.3. The summed E-state index contributed by atoms with van der Waals surface area (Å²) in [5.41, 5.74) is 0.534. The number of rotatable bonds is 4. The third-order valence-corrected chi connectivity index (χ3v) is 6.87. The van der Waals surface area contributed by atoms with E-state index >= 15 is 0 Å². The van der Waals surface area contributed by atoms with E-state index in [1.807, 2.05) is 42.5 Å². The van der Waals surface area contributed by atoms with Gasteiger partial charge in [-0.2, -0.15) is 18.3 Å². The molecule has 1 heterocycles. The van der Waals surface area contributed by atoms with Crippen LogP contribution in [0, 0.1) is 0 Å². The number of halogens is 3. The molecule has 0 spiro atoms. The Bertz CT molecular complexity index is 1610. The zero-order valence-corrected chi connectivity index (χ0v) is 20.4. The molecule has 1 fully saturated rings. The normalized spacial score (nSPS) is 15.4. The summed E-state index contributed by atoms with van der Waals surface area (Å²) >= 11 is 6.21. The third-order valence-electron chi connectivity index (χ3n) is 5.56. The van der Waals surface area contributed by atoms with E-state index < -0.39 is 17.6 Å². The van der Waals surface area contributed by atoms with Crippen LogP contribution in [0.2, 0.25) is 0 Å². The number of anilines is 1. The Morgan fingerprint density at radius 2 is 1.68 bits per heavy atom. The summed E-state index contributed by atoms with van der Waals surface area (Å²) in [5, 5.41) is 21.0. The fourth-order valence-electron chi connectivity index (χ4n) is 3.78. The molecule has 0 aromatic heterocycles. The molecule has 0 atom stereocenters. The number of phenolic OH excluding ortho intramolecular Hbond substituents is 1. The first-order chi connectivity index (χ1) is 17.7. The van der Waals surface area contributed by atoms with Gasteiger partial charge in [0.1, 0.15) is 5.75 Å². The molecule has 1 N–H and O–H groups in total. The molecule has 0 aliphatic carbocycles. The average Bonchev–Trinajstić information content (AvgIpc) is 3.16. The average molecular weight is 536 g/mol. The molecule has 4 aromatic carbocycles. The Kier molecular flexibility index (Phi) is 6.53. The second-order valence-corrected chi connectivity index (χ2v) is 9.68. The number of hydrogen-bond donors (Lipinski definition) is 1. The van der Waals surface area contributed by atoms with Crippen molar-refractivity contribution in [3.8, 4) is 5.75 Å². The van der Waals surface area contributed by atoms with E-state index in [0.29, 0.717) is 16.9 Å². The van der Waals surface area contributed by atoms with Crippen LogP contribution in [0.5, 0.6) is 5.75 Å². The molecule has 10 heteroatoms. The molecule has 1 aliphatic rings. The highest BCUT2D eigenvalue weighted by atomic mass is 32.2. The summed E-state index contributed by atoms with van der Waals surface area (Å²) in [6.45, 7) is 0. The van der Waals surface area contributed by atoms with E-state index in [0.717, 1.165) is 39.6 Å². The minimum absolute atomic E-state index is 0.0163. The zero-order valence-electron chi connectivity index (χ0n) is 18.8. The predicted molar refractivity (Wildman–Crippen MR) is 143 cm³/mol. The number of thiocarbonyl (C=S) groups is 1. The molecule has 184 valence electrons. The number of benzene rings is 4. The summed E-state index contributed by atoms with van der Waals surface area (Å²) in [6.07, 6.45) is -3.13. The van der Waals surface area contributed by atoms with Gasteiger partial charge in [0.25, 0.3) is 5.91 Å². The molecular weight excluding hydrogens is 519 g/mol.